The number of thioether (sulfide) groups is 1. The van der Waals surface area contributed by atoms with Gasteiger partial charge in [-0.25, -0.2) is 9.79 Å². The normalized spacial score (nSPS) is 18.5. The fraction of sp³-hybridized carbons (Fsp3) is 0.292. The lowest BCUT2D eigenvalue weighted by Crippen LogP contribution is -2.39. The first-order valence-electron chi connectivity index (χ1n) is 10.1. The average Bonchev–Trinajstić information content (AvgIpc) is 3.14. The number of carbonyl (C=O) groups excluding carboxylic acids is 2. The van der Waals surface area contributed by atoms with Crippen LogP contribution in [0.5, 0.6) is 0 Å². The van der Waals surface area contributed by atoms with Crippen molar-refractivity contribution in [1.82, 2.24) is 4.90 Å². The van der Waals surface area contributed by atoms with Gasteiger partial charge in [0.05, 0.1) is 29.7 Å². The Kier molecular flexibility index (Phi) is 5.77. The molecule has 0 saturated carbocycles. The zero-order chi connectivity index (χ0) is 21.3. The summed E-state index contributed by atoms with van der Waals surface area (Å²) in [5, 5.41) is 0.629. The average molecular weight is 421 g/mol. The molecule has 1 atom stereocenters. The van der Waals surface area contributed by atoms with Gasteiger partial charge in [-0.15, -0.1) is 0 Å². The van der Waals surface area contributed by atoms with Crippen LogP contribution in [0.1, 0.15) is 49.4 Å². The molecule has 0 bridgehead atoms. The van der Waals surface area contributed by atoms with E-state index in [-0.39, 0.29) is 12.5 Å². The summed E-state index contributed by atoms with van der Waals surface area (Å²) in [5.74, 6) is 0.219. The van der Waals surface area contributed by atoms with E-state index in [4.69, 9.17) is 9.73 Å². The number of benzene rings is 2. The molecule has 0 N–H and O–H groups in total. The largest absolute Gasteiger partial charge is 0.463 e. The molecule has 0 spiro atoms. The van der Waals surface area contributed by atoms with Crippen LogP contribution in [-0.4, -0.2) is 34.3 Å². The van der Waals surface area contributed by atoms with Gasteiger partial charge in [0.1, 0.15) is 0 Å². The Hall–Kier alpha value is -2.86. The van der Waals surface area contributed by atoms with Crippen LogP contribution in [0.2, 0.25) is 0 Å². The summed E-state index contributed by atoms with van der Waals surface area (Å²) in [6, 6.07) is 17.2. The van der Waals surface area contributed by atoms with Crippen molar-refractivity contribution >= 4 is 34.5 Å². The van der Waals surface area contributed by atoms with Crippen LogP contribution in [0.25, 0.3) is 5.70 Å². The third-order valence-corrected chi connectivity index (χ3v) is 6.19. The third kappa shape index (κ3) is 3.67. The molecule has 2 heterocycles. The van der Waals surface area contributed by atoms with Gasteiger partial charge < -0.3 is 4.74 Å². The van der Waals surface area contributed by atoms with Crippen LogP contribution < -0.4 is 0 Å². The van der Waals surface area contributed by atoms with E-state index in [9.17, 15) is 9.59 Å². The summed E-state index contributed by atoms with van der Waals surface area (Å²) in [7, 11) is 0. The molecule has 0 unspecified atom stereocenters. The fourth-order valence-electron chi connectivity index (χ4n) is 3.74. The third-order valence-electron chi connectivity index (χ3n) is 5.26. The topological polar surface area (TPSA) is 59.0 Å². The zero-order valence-electron chi connectivity index (χ0n) is 17.3. The number of ether oxygens (including phenoxy) is 1. The van der Waals surface area contributed by atoms with E-state index in [1.807, 2.05) is 42.5 Å². The second-order valence-electron chi connectivity index (χ2n) is 7.52. The molecule has 0 aliphatic carbocycles. The first-order valence-corrected chi connectivity index (χ1v) is 11.1. The molecule has 4 rings (SSSR count). The number of hydrogen-bond donors (Lipinski definition) is 0. The maximum absolute atomic E-state index is 13.1. The molecule has 2 aliphatic heterocycles. The second-order valence-corrected chi connectivity index (χ2v) is 8.46. The number of amidine groups is 1. The minimum Gasteiger partial charge on any atom is -0.463 e. The molecule has 0 radical (unpaired) electrons. The number of fused-ring (bicyclic) bond motifs is 1. The van der Waals surface area contributed by atoms with Crippen molar-refractivity contribution in [3.63, 3.8) is 0 Å². The minimum atomic E-state index is -0.560. The van der Waals surface area contributed by atoms with Gasteiger partial charge in [0.25, 0.3) is 0 Å². The van der Waals surface area contributed by atoms with Gasteiger partial charge in [-0.3, -0.25) is 9.69 Å². The van der Waals surface area contributed by atoms with Gasteiger partial charge in [0, 0.05) is 5.56 Å². The van der Waals surface area contributed by atoms with E-state index in [1.165, 1.54) is 17.3 Å². The van der Waals surface area contributed by atoms with Gasteiger partial charge in [-0.2, -0.15) is 0 Å². The van der Waals surface area contributed by atoms with Crippen molar-refractivity contribution in [2.75, 3.05) is 12.4 Å². The highest BCUT2D eigenvalue weighted by Crippen LogP contribution is 2.44. The molecule has 1 fully saturated rings. The van der Waals surface area contributed by atoms with Gasteiger partial charge in [0.15, 0.2) is 5.17 Å². The Morgan fingerprint density at radius 2 is 1.87 bits per heavy atom. The molecule has 6 heteroatoms. The summed E-state index contributed by atoms with van der Waals surface area (Å²) in [5.41, 5.74) is 3.88. The molecule has 1 amide bonds. The van der Waals surface area contributed by atoms with Crippen molar-refractivity contribution in [2.24, 2.45) is 4.99 Å². The van der Waals surface area contributed by atoms with Crippen molar-refractivity contribution < 1.29 is 14.3 Å². The van der Waals surface area contributed by atoms with Crippen molar-refractivity contribution in [1.29, 1.82) is 0 Å². The predicted molar refractivity (Wildman–Crippen MR) is 120 cm³/mol. The summed E-state index contributed by atoms with van der Waals surface area (Å²) in [4.78, 5) is 32.3. The van der Waals surface area contributed by atoms with Crippen LogP contribution in [0.4, 0.5) is 0 Å². The maximum Gasteiger partial charge on any atom is 0.338 e. The molecular formula is C24H24N2O3S. The van der Waals surface area contributed by atoms with E-state index in [1.54, 1.807) is 11.8 Å². The van der Waals surface area contributed by atoms with E-state index in [2.05, 4.69) is 26.0 Å². The summed E-state index contributed by atoms with van der Waals surface area (Å²) < 4.78 is 5.42. The van der Waals surface area contributed by atoms with Gasteiger partial charge in [-0.1, -0.05) is 80.2 Å². The zero-order valence-corrected chi connectivity index (χ0v) is 18.1. The van der Waals surface area contributed by atoms with E-state index < -0.39 is 12.0 Å². The number of rotatable bonds is 5. The lowest BCUT2D eigenvalue weighted by molar-refractivity contribution is -0.139. The molecule has 2 aliphatic rings. The van der Waals surface area contributed by atoms with Crippen LogP contribution >= 0.6 is 11.8 Å². The quantitative estimate of drug-likeness (QED) is 0.654. The smallest absolute Gasteiger partial charge is 0.338 e. The number of nitrogens with zero attached hydrogens (tertiary/aromatic N) is 2. The number of amides is 1. The number of aliphatic imine (C=N–C) groups is 1. The van der Waals surface area contributed by atoms with Crippen LogP contribution in [-0.2, 0) is 14.3 Å². The first-order chi connectivity index (χ1) is 14.5. The molecule has 1 saturated heterocycles. The Bertz CT molecular complexity index is 1030. The highest BCUT2D eigenvalue weighted by Gasteiger charge is 2.44. The van der Waals surface area contributed by atoms with Gasteiger partial charge in [-0.05, 0) is 24.0 Å². The van der Waals surface area contributed by atoms with Crippen LogP contribution in [0.3, 0.4) is 0 Å². The molecule has 2 aromatic rings. The van der Waals surface area contributed by atoms with E-state index in [0.717, 1.165) is 11.1 Å². The number of hydrogen-bond acceptors (Lipinski definition) is 5. The second kappa shape index (κ2) is 8.48. The van der Waals surface area contributed by atoms with Crippen molar-refractivity contribution in [2.45, 2.75) is 32.7 Å². The highest BCUT2D eigenvalue weighted by molar-refractivity contribution is 8.15. The molecule has 2 aromatic carbocycles. The maximum atomic E-state index is 13.1. The first kappa shape index (κ1) is 20.4. The number of carbonyl (C=O) groups is 2. The SMILES string of the molecule is CCOC(=O)C1=C(c2ccccc2)N=C2SCC(=O)N2[C@@H]1c1ccc(C(C)C)cc1. The molecule has 154 valence electrons. The highest BCUT2D eigenvalue weighted by atomic mass is 32.2. The summed E-state index contributed by atoms with van der Waals surface area (Å²) >= 11 is 1.41. The van der Waals surface area contributed by atoms with E-state index >= 15 is 0 Å². The monoisotopic (exact) mass is 420 g/mol. The van der Waals surface area contributed by atoms with Crippen LogP contribution in [0, 0.1) is 0 Å². The Morgan fingerprint density at radius 3 is 2.50 bits per heavy atom. The Morgan fingerprint density at radius 1 is 1.17 bits per heavy atom. The van der Waals surface area contributed by atoms with Gasteiger partial charge in [0.2, 0.25) is 5.91 Å². The van der Waals surface area contributed by atoms with Crippen LogP contribution in [0.15, 0.2) is 65.2 Å². The summed E-state index contributed by atoms with van der Waals surface area (Å²) in [6.07, 6.45) is 0. The van der Waals surface area contributed by atoms with Gasteiger partial charge >= 0.3 is 5.97 Å². The summed E-state index contributed by atoms with van der Waals surface area (Å²) in [6.45, 7) is 6.31. The standard InChI is InChI=1S/C24H24N2O3S/c1-4-29-23(28)20-21(17-8-6-5-7-9-17)25-24-26(19(27)14-30-24)22(20)18-12-10-16(11-13-18)15(2)3/h5-13,15,22H,4,14H2,1-3H3/t22-/m1/s1. The van der Waals surface area contributed by atoms with Crippen molar-refractivity contribution in [3.05, 3.63) is 76.9 Å². The van der Waals surface area contributed by atoms with Crippen molar-refractivity contribution in [3.8, 4) is 0 Å². The Labute approximate surface area is 180 Å². The molecule has 0 aromatic heterocycles. The fourth-order valence-corrected chi connectivity index (χ4v) is 4.63. The minimum absolute atomic E-state index is 0.0504. The van der Waals surface area contributed by atoms with E-state index in [0.29, 0.717) is 28.1 Å². The molecule has 30 heavy (non-hydrogen) atoms. The Balaban J connectivity index is 1.93. The molecule has 5 nitrogen and oxygen atoms in total. The lowest BCUT2D eigenvalue weighted by atomic mass is 9.90. The lowest BCUT2D eigenvalue weighted by Gasteiger charge is -2.33. The number of esters is 1. The predicted octanol–water partition coefficient (Wildman–Crippen LogP) is 4.77. The molecular weight excluding hydrogens is 396 g/mol.